The van der Waals surface area contributed by atoms with Crippen molar-refractivity contribution in [2.75, 3.05) is 18.9 Å². The van der Waals surface area contributed by atoms with Gasteiger partial charge in [-0.3, -0.25) is 4.79 Å². The molecule has 1 N–H and O–H groups in total. The lowest BCUT2D eigenvalue weighted by Crippen LogP contribution is -2.37. The number of halogens is 1. The van der Waals surface area contributed by atoms with Crippen LogP contribution >= 0.6 is 15.9 Å². The topological polar surface area (TPSA) is 32.3 Å². The fourth-order valence-electron chi connectivity index (χ4n) is 1.35. The van der Waals surface area contributed by atoms with Gasteiger partial charge in [0.05, 0.1) is 6.54 Å². The summed E-state index contributed by atoms with van der Waals surface area (Å²) in [6.07, 6.45) is 0. The summed E-state index contributed by atoms with van der Waals surface area (Å²) >= 11 is 3.45. The van der Waals surface area contributed by atoms with Crippen molar-refractivity contribution in [3.63, 3.8) is 0 Å². The molecule has 0 fully saturated rings. The van der Waals surface area contributed by atoms with Crippen molar-refractivity contribution in [3.05, 3.63) is 28.2 Å². The van der Waals surface area contributed by atoms with Crippen LogP contribution in [0.15, 0.2) is 22.7 Å². The van der Waals surface area contributed by atoms with Crippen molar-refractivity contribution in [1.82, 2.24) is 4.90 Å². The van der Waals surface area contributed by atoms with Crippen LogP contribution in [0, 0.1) is 6.92 Å². The van der Waals surface area contributed by atoms with E-state index in [1.165, 1.54) is 0 Å². The van der Waals surface area contributed by atoms with Crippen LogP contribution in [0.5, 0.6) is 0 Å². The van der Waals surface area contributed by atoms with E-state index in [2.05, 4.69) is 21.2 Å². The molecule has 0 bridgehead atoms. The fraction of sp³-hybridized carbons (Fsp3) is 0.462. The Morgan fingerprint density at radius 1 is 1.47 bits per heavy atom. The lowest BCUT2D eigenvalue weighted by Gasteiger charge is -2.21. The Labute approximate surface area is 111 Å². The number of likely N-dealkylation sites (N-methyl/N-ethyl adjacent to an activating group) is 1. The molecule has 0 aliphatic carbocycles. The van der Waals surface area contributed by atoms with Gasteiger partial charge in [0.15, 0.2) is 0 Å². The first-order valence-corrected chi connectivity index (χ1v) is 6.46. The van der Waals surface area contributed by atoms with Gasteiger partial charge in [-0.05, 0) is 44.5 Å². The average Bonchev–Trinajstić information content (AvgIpc) is 2.29. The highest BCUT2D eigenvalue weighted by Gasteiger charge is 2.11. The molecule has 1 aromatic rings. The number of anilines is 1. The van der Waals surface area contributed by atoms with E-state index < -0.39 is 0 Å². The van der Waals surface area contributed by atoms with Gasteiger partial charge in [0.2, 0.25) is 5.91 Å². The van der Waals surface area contributed by atoms with Gasteiger partial charge < -0.3 is 10.2 Å². The van der Waals surface area contributed by atoms with Gasteiger partial charge in [-0.25, -0.2) is 0 Å². The van der Waals surface area contributed by atoms with Crippen molar-refractivity contribution < 1.29 is 4.79 Å². The molecule has 4 heteroatoms. The van der Waals surface area contributed by atoms with Crippen LogP contribution in [0.1, 0.15) is 19.4 Å². The van der Waals surface area contributed by atoms with E-state index in [0.29, 0.717) is 6.54 Å². The largest absolute Gasteiger partial charge is 0.376 e. The first-order valence-electron chi connectivity index (χ1n) is 5.67. The van der Waals surface area contributed by atoms with Crippen molar-refractivity contribution in [2.45, 2.75) is 26.8 Å². The van der Waals surface area contributed by atoms with Crippen LogP contribution in [0.3, 0.4) is 0 Å². The number of carbonyl (C=O) groups excluding carboxylic acids is 1. The molecule has 1 rings (SSSR count). The fourth-order valence-corrected chi connectivity index (χ4v) is 1.59. The third-order valence-corrected chi connectivity index (χ3v) is 3.66. The highest BCUT2D eigenvalue weighted by atomic mass is 79.9. The van der Waals surface area contributed by atoms with Crippen LogP contribution in [0.25, 0.3) is 0 Å². The number of aryl methyl sites for hydroxylation is 1. The molecule has 0 saturated carbocycles. The SMILES string of the molecule is Cc1cc(NCC(=O)N(C)C(C)C)ccc1Br. The Morgan fingerprint density at radius 3 is 2.65 bits per heavy atom. The van der Waals surface area contributed by atoms with Gasteiger partial charge >= 0.3 is 0 Å². The molecule has 1 amide bonds. The van der Waals surface area contributed by atoms with Crippen LogP contribution < -0.4 is 5.32 Å². The number of amides is 1. The van der Waals surface area contributed by atoms with Gasteiger partial charge in [0.1, 0.15) is 0 Å². The van der Waals surface area contributed by atoms with Crippen LogP contribution in [0.2, 0.25) is 0 Å². The van der Waals surface area contributed by atoms with Crippen molar-refractivity contribution in [1.29, 1.82) is 0 Å². The summed E-state index contributed by atoms with van der Waals surface area (Å²) < 4.78 is 1.08. The van der Waals surface area contributed by atoms with Gasteiger partial charge in [0, 0.05) is 23.2 Å². The maximum Gasteiger partial charge on any atom is 0.241 e. The molecule has 0 radical (unpaired) electrons. The van der Waals surface area contributed by atoms with Gasteiger partial charge in [-0.15, -0.1) is 0 Å². The third kappa shape index (κ3) is 4.04. The number of benzene rings is 1. The van der Waals surface area contributed by atoms with Crippen molar-refractivity contribution in [3.8, 4) is 0 Å². The summed E-state index contributed by atoms with van der Waals surface area (Å²) in [5.41, 5.74) is 2.12. The summed E-state index contributed by atoms with van der Waals surface area (Å²) in [5, 5.41) is 3.14. The molecule has 0 unspecified atom stereocenters. The van der Waals surface area contributed by atoms with E-state index in [1.54, 1.807) is 4.90 Å². The monoisotopic (exact) mass is 298 g/mol. The van der Waals surface area contributed by atoms with Crippen LogP contribution in [0.4, 0.5) is 5.69 Å². The minimum absolute atomic E-state index is 0.0978. The summed E-state index contributed by atoms with van der Waals surface area (Å²) in [6.45, 7) is 6.36. The molecular weight excluding hydrogens is 280 g/mol. The van der Waals surface area contributed by atoms with Crippen LogP contribution in [-0.4, -0.2) is 30.4 Å². The normalized spacial score (nSPS) is 10.5. The smallest absolute Gasteiger partial charge is 0.241 e. The average molecular weight is 299 g/mol. The van der Waals surface area contributed by atoms with Crippen molar-refractivity contribution >= 4 is 27.5 Å². The number of hydrogen-bond donors (Lipinski definition) is 1. The molecule has 0 aromatic heterocycles. The molecule has 0 saturated heterocycles. The molecule has 0 aliphatic heterocycles. The second-order valence-electron chi connectivity index (χ2n) is 4.42. The first kappa shape index (κ1) is 14.0. The van der Waals surface area contributed by atoms with Gasteiger partial charge in [-0.1, -0.05) is 15.9 Å². The van der Waals surface area contributed by atoms with Gasteiger partial charge in [-0.2, -0.15) is 0 Å². The minimum atomic E-state index is 0.0978. The molecule has 0 aliphatic rings. The quantitative estimate of drug-likeness (QED) is 0.927. The van der Waals surface area contributed by atoms with Gasteiger partial charge in [0.25, 0.3) is 0 Å². The van der Waals surface area contributed by atoms with E-state index in [4.69, 9.17) is 0 Å². The van der Waals surface area contributed by atoms with Crippen molar-refractivity contribution in [2.24, 2.45) is 0 Å². The zero-order chi connectivity index (χ0) is 13.0. The van der Waals surface area contributed by atoms with E-state index in [-0.39, 0.29) is 11.9 Å². The highest BCUT2D eigenvalue weighted by Crippen LogP contribution is 2.19. The number of hydrogen-bond acceptors (Lipinski definition) is 2. The second kappa shape index (κ2) is 6.05. The Balaban J connectivity index is 2.56. The molecule has 3 nitrogen and oxygen atoms in total. The third-order valence-electron chi connectivity index (χ3n) is 2.77. The molecule has 0 atom stereocenters. The number of carbonyl (C=O) groups is 1. The molecule has 0 spiro atoms. The number of nitrogens with zero attached hydrogens (tertiary/aromatic N) is 1. The maximum atomic E-state index is 11.8. The Morgan fingerprint density at radius 2 is 2.12 bits per heavy atom. The predicted octanol–water partition coefficient (Wildman–Crippen LogP) is 3.04. The zero-order valence-electron chi connectivity index (χ0n) is 10.7. The Kier molecular flexibility index (Phi) is 5.00. The zero-order valence-corrected chi connectivity index (χ0v) is 12.3. The summed E-state index contributed by atoms with van der Waals surface area (Å²) in [7, 11) is 1.82. The lowest BCUT2D eigenvalue weighted by atomic mass is 10.2. The first-order chi connectivity index (χ1) is 7.91. The molecule has 0 heterocycles. The van der Waals surface area contributed by atoms with E-state index >= 15 is 0 Å². The second-order valence-corrected chi connectivity index (χ2v) is 5.27. The van der Waals surface area contributed by atoms with E-state index in [0.717, 1.165) is 15.7 Å². The maximum absolute atomic E-state index is 11.8. The van der Waals surface area contributed by atoms with E-state index in [9.17, 15) is 4.79 Å². The predicted molar refractivity (Wildman–Crippen MR) is 75.3 cm³/mol. The molecular formula is C13H19BrN2O. The van der Waals surface area contributed by atoms with E-state index in [1.807, 2.05) is 46.0 Å². The van der Waals surface area contributed by atoms with Crippen LogP contribution in [-0.2, 0) is 4.79 Å². The number of rotatable bonds is 4. The molecule has 94 valence electrons. The minimum Gasteiger partial charge on any atom is -0.376 e. The Bertz CT molecular complexity index is 404. The lowest BCUT2D eigenvalue weighted by molar-refractivity contribution is -0.129. The summed E-state index contributed by atoms with van der Waals surface area (Å²) in [4.78, 5) is 13.5. The Hall–Kier alpha value is -1.03. The molecule has 17 heavy (non-hydrogen) atoms. The standard InChI is InChI=1S/C13H19BrN2O/c1-9(2)16(4)13(17)8-15-11-5-6-12(14)10(3)7-11/h5-7,9,15H,8H2,1-4H3. The number of nitrogens with one attached hydrogen (secondary N) is 1. The summed E-state index contributed by atoms with van der Waals surface area (Å²) in [5.74, 6) is 0.0978. The summed E-state index contributed by atoms with van der Waals surface area (Å²) in [6, 6.07) is 6.19. The molecule has 1 aromatic carbocycles. The highest BCUT2D eigenvalue weighted by molar-refractivity contribution is 9.10.